The molecule has 21 heavy (non-hydrogen) atoms. The largest absolute Gasteiger partial charge is 0.0648 e. The number of hydrogen-bond donors (Lipinski definition) is 0. The quantitative estimate of drug-likeness (QED) is 0.648. The van der Waals surface area contributed by atoms with Gasteiger partial charge in [0.05, 0.1) is 0 Å². The van der Waals surface area contributed by atoms with Crippen molar-refractivity contribution in [1.82, 2.24) is 0 Å². The fourth-order valence-electron chi connectivity index (χ4n) is 3.50. The highest BCUT2D eigenvalue weighted by atomic mass is 14.3. The first-order valence-electron chi connectivity index (χ1n) is 8.38. The Morgan fingerprint density at radius 2 is 1.86 bits per heavy atom. The van der Waals surface area contributed by atoms with Crippen molar-refractivity contribution in [3.63, 3.8) is 0 Å². The minimum atomic E-state index is 0.596. The van der Waals surface area contributed by atoms with E-state index < -0.39 is 0 Å². The number of benzene rings is 2. The molecule has 0 amide bonds. The molecule has 0 heteroatoms. The van der Waals surface area contributed by atoms with Gasteiger partial charge < -0.3 is 0 Å². The van der Waals surface area contributed by atoms with E-state index in [1.807, 2.05) is 0 Å². The van der Waals surface area contributed by atoms with Crippen LogP contribution in [0.4, 0.5) is 0 Å². The second-order valence-electron chi connectivity index (χ2n) is 6.62. The van der Waals surface area contributed by atoms with Gasteiger partial charge in [0.25, 0.3) is 0 Å². The Kier molecular flexibility index (Phi) is 4.14. The molecule has 0 saturated carbocycles. The first-order valence-corrected chi connectivity index (χ1v) is 8.38. The van der Waals surface area contributed by atoms with E-state index >= 15 is 0 Å². The number of rotatable bonds is 3. The molecule has 0 saturated heterocycles. The molecule has 2 aromatic rings. The normalized spacial score (nSPS) is 19.1. The van der Waals surface area contributed by atoms with Crippen molar-refractivity contribution in [2.24, 2.45) is 0 Å². The second-order valence-corrected chi connectivity index (χ2v) is 6.62. The summed E-state index contributed by atoms with van der Waals surface area (Å²) in [6.07, 6.45) is 5.07. The molecule has 0 bridgehead atoms. The van der Waals surface area contributed by atoms with E-state index in [1.165, 1.54) is 42.4 Å². The summed E-state index contributed by atoms with van der Waals surface area (Å²) in [5.74, 6) is 1.26. The number of aryl methyl sites for hydroxylation is 2. The Bertz CT molecular complexity index is 606. The van der Waals surface area contributed by atoms with Crippen molar-refractivity contribution in [2.45, 2.75) is 58.3 Å². The van der Waals surface area contributed by atoms with E-state index in [2.05, 4.69) is 63.2 Å². The molecule has 2 aromatic carbocycles. The maximum Gasteiger partial charge on any atom is 0.00922 e. The van der Waals surface area contributed by atoms with Crippen LogP contribution in [0.2, 0.25) is 0 Å². The monoisotopic (exact) mass is 278 g/mol. The lowest BCUT2D eigenvalue weighted by Crippen LogP contribution is -2.12. The Labute approximate surface area is 129 Å². The molecule has 0 aliphatic heterocycles. The minimum Gasteiger partial charge on any atom is -0.0648 e. The van der Waals surface area contributed by atoms with Gasteiger partial charge in [-0.15, -0.1) is 0 Å². The molecule has 0 N–H and O–H groups in total. The van der Waals surface area contributed by atoms with Gasteiger partial charge in [-0.1, -0.05) is 61.9 Å². The fraction of sp³-hybridized carbons (Fsp3) is 0.429. The lowest BCUT2D eigenvalue weighted by atomic mass is 9.77. The molecule has 1 aliphatic carbocycles. The van der Waals surface area contributed by atoms with Crippen LogP contribution in [-0.4, -0.2) is 0 Å². The summed E-state index contributed by atoms with van der Waals surface area (Å²) < 4.78 is 0. The molecule has 0 spiro atoms. The van der Waals surface area contributed by atoms with Gasteiger partial charge >= 0.3 is 0 Å². The van der Waals surface area contributed by atoms with Gasteiger partial charge in [-0.3, -0.25) is 0 Å². The standard InChI is InChI=1S/C21H26/c1-4-16(3)19-13-12-17-6-5-7-20(21(17)14-19)18-10-8-15(2)9-11-18/h8-14,16,20H,4-7H2,1-3H3. The molecule has 2 atom stereocenters. The van der Waals surface area contributed by atoms with Crippen molar-refractivity contribution >= 4 is 0 Å². The molecule has 0 aromatic heterocycles. The molecular weight excluding hydrogens is 252 g/mol. The van der Waals surface area contributed by atoms with Crippen LogP contribution in [0.5, 0.6) is 0 Å². The van der Waals surface area contributed by atoms with Gasteiger partial charge in [-0.2, -0.15) is 0 Å². The average molecular weight is 278 g/mol. The lowest BCUT2D eigenvalue weighted by Gasteiger charge is -2.27. The maximum atomic E-state index is 2.49. The van der Waals surface area contributed by atoms with Crippen LogP contribution in [0.1, 0.15) is 72.8 Å². The average Bonchev–Trinajstić information content (AvgIpc) is 2.54. The first kappa shape index (κ1) is 14.4. The molecule has 0 heterocycles. The zero-order valence-corrected chi connectivity index (χ0v) is 13.5. The van der Waals surface area contributed by atoms with Crippen LogP contribution in [0.25, 0.3) is 0 Å². The summed E-state index contributed by atoms with van der Waals surface area (Å²) in [4.78, 5) is 0. The SMILES string of the molecule is CCC(C)c1ccc2c(c1)C(c1ccc(C)cc1)CCC2. The van der Waals surface area contributed by atoms with Crippen molar-refractivity contribution in [3.05, 3.63) is 70.3 Å². The summed E-state index contributed by atoms with van der Waals surface area (Å²) in [6, 6.07) is 16.4. The topological polar surface area (TPSA) is 0 Å². The van der Waals surface area contributed by atoms with Crippen molar-refractivity contribution in [1.29, 1.82) is 0 Å². The van der Waals surface area contributed by atoms with Crippen molar-refractivity contribution in [3.8, 4) is 0 Å². The molecule has 110 valence electrons. The van der Waals surface area contributed by atoms with Crippen LogP contribution in [0, 0.1) is 6.92 Å². The molecule has 1 aliphatic rings. The van der Waals surface area contributed by atoms with Crippen LogP contribution >= 0.6 is 0 Å². The maximum absolute atomic E-state index is 2.49. The van der Waals surface area contributed by atoms with Crippen LogP contribution in [0.15, 0.2) is 42.5 Å². The molecule has 3 rings (SSSR count). The van der Waals surface area contributed by atoms with Crippen LogP contribution < -0.4 is 0 Å². The van der Waals surface area contributed by atoms with Gasteiger partial charge in [-0.05, 0) is 60.8 Å². The molecular formula is C21H26. The fourth-order valence-corrected chi connectivity index (χ4v) is 3.50. The smallest absolute Gasteiger partial charge is 0.00922 e. The summed E-state index contributed by atoms with van der Waals surface area (Å²) in [5, 5.41) is 0. The van der Waals surface area contributed by atoms with Crippen molar-refractivity contribution in [2.75, 3.05) is 0 Å². The third-order valence-corrected chi connectivity index (χ3v) is 5.15. The minimum absolute atomic E-state index is 0.596. The molecule has 0 fully saturated rings. The third-order valence-electron chi connectivity index (χ3n) is 5.15. The van der Waals surface area contributed by atoms with E-state index in [9.17, 15) is 0 Å². The summed E-state index contributed by atoms with van der Waals surface area (Å²) >= 11 is 0. The van der Waals surface area contributed by atoms with Crippen molar-refractivity contribution < 1.29 is 0 Å². The summed E-state index contributed by atoms with van der Waals surface area (Å²) in [7, 11) is 0. The highest BCUT2D eigenvalue weighted by Gasteiger charge is 2.22. The van der Waals surface area contributed by atoms with E-state index in [0.29, 0.717) is 11.8 Å². The highest BCUT2D eigenvalue weighted by Crippen LogP contribution is 2.38. The summed E-state index contributed by atoms with van der Waals surface area (Å²) in [5.41, 5.74) is 7.50. The Balaban J connectivity index is 2.01. The van der Waals surface area contributed by atoms with E-state index in [4.69, 9.17) is 0 Å². The van der Waals surface area contributed by atoms with Crippen LogP contribution in [-0.2, 0) is 6.42 Å². The number of hydrogen-bond acceptors (Lipinski definition) is 0. The Hall–Kier alpha value is -1.56. The zero-order valence-electron chi connectivity index (χ0n) is 13.5. The lowest BCUT2D eigenvalue weighted by molar-refractivity contribution is 0.612. The van der Waals surface area contributed by atoms with E-state index in [0.717, 1.165) is 0 Å². The summed E-state index contributed by atoms with van der Waals surface area (Å²) in [6.45, 7) is 6.78. The molecule has 2 unspecified atom stereocenters. The zero-order chi connectivity index (χ0) is 14.8. The van der Waals surface area contributed by atoms with Gasteiger partial charge in [0.2, 0.25) is 0 Å². The third kappa shape index (κ3) is 2.90. The van der Waals surface area contributed by atoms with Gasteiger partial charge in [0, 0.05) is 5.92 Å². The predicted octanol–water partition coefficient (Wildman–Crippen LogP) is 5.98. The Morgan fingerprint density at radius 3 is 2.57 bits per heavy atom. The molecule has 0 radical (unpaired) electrons. The van der Waals surface area contributed by atoms with Gasteiger partial charge in [0.1, 0.15) is 0 Å². The Morgan fingerprint density at radius 1 is 1.10 bits per heavy atom. The first-order chi connectivity index (χ1) is 10.2. The van der Waals surface area contributed by atoms with E-state index in [-0.39, 0.29) is 0 Å². The van der Waals surface area contributed by atoms with Crippen LogP contribution in [0.3, 0.4) is 0 Å². The van der Waals surface area contributed by atoms with Gasteiger partial charge in [-0.25, -0.2) is 0 Å². The van der Waals surface area contributed by atoms with Gasteiger partial charge in [0.15, 0.2) is 0 Å². The van der Waals surface area contributed by atoms with E-state index in [1.54, 1.807) is 11.1 Å². The highest BCUT2D eigenvalue weighted by molar-refractivity contribution is 5.43. The molecule has 0 nitrogen and oxygen atoms in total. The predicted molar refractivity (Wildman–Crippen MR) is 91.1 cm³/mol. The number of fused-ring (bicyclic) bond motifs is 1. The second kappa shape index (κ2) is 6.05.